The molecule has 3 nitrogen and oxygen atoms in total. The average molecular weight is 407 g/mol. The van der Waals surface area contributed by atoms with E-state index in [0.717, 1.165) is 17.8 Å². The van der Waals surface area contributed by atoms with Crippen molar-refractivity contribution in [2.24, 2.45) is 5.41 Å². The number of nitrogens with zero attached hydrogens (tertiary/aromatic N) is 1. The Hall–Kier alpha value is 0.670. The number of halogens is 3. The second-order valence-corrected chi connectivity index (χ2v) is 10.6. The van der Waals surface area contributed by atoms with Gasteiger partial charge in [0, 0.05) is 17.9 Å². The van der Waals surface area contributed by atoms with Crippen molar-refractivity contribution in [3.63, 3.8) is 0 Å². The second-order valence-electron chi connectivity index (χ2n) is 5.27. The monoisotopic (exact) mass is 405 g/mol. The van der Waals surface area contributed by atoms with E-state index in [1.807, 2.05) is 0 Å². The predicted molar refractivity (Wildman–Crippen MR) is 84.2 cm³/mol. The summed E-state index contributed by atoms with van der Waals surface area (Å²) < 4.78 is 27.3. The number of sulfonamides is 1. The Balaban J connectivity index is 2.34. The lowest BCUT2D eigenvalue weighted by Crippen LogP contribution is -2.48. The summed E-state index contributed by atoms with van der Waals surface area (Å²) in [6.45, 7) is 5.06. The van der Waals surface area contributed by atoms with Crippen LogP contribution in [0, 0.1) is 5.41 Å². The molecule has 108 valence electrons. The summed E-state index contributed by atoms with van der Waals surface area (Å²) in [6, 6.07) is 1.43. The topological polar surface area (TPSA) is 37.4 Å². The average Bonchev–Trinajstić information content (AvgIpc) is 2.62. The van der Waals surface area contributed by atoms with Crippen LogP contribution in [0.5, 0.6) is 0 Å². The van der Waals surface area contributed by atoms with E-state index in [0.29, 0.717) is 22.3 Å². The fraction of sp³-hybridized carbons (Fsp3) is 0.636. The molecule has 1 aliphatic heterocycles. The molecule has 1 aromatic rings. The molecule has 0 saturated carbocycles. The van der Waals surface area contributed by atoms with E-state index in [9.17, 15) is 8.42 Å². The molecule has 1 unspecified atom stereocenters. The molecule has 0 spiro atoms. The lowest BCUT2D eigenvalue weighted by molar-refractivity contribution is 0.199. The van der Waals surface area contributed by atoms with E-state index >= 15 is 0 Å². The van der Waals surface area contributed by atoms with Gasteiger partial charge in [-0.25, -0.2) is 8.42 Å². The van der Waals surface area contributed by atoms with Crippen molar-refractivity contribution in [2.75, 3.05) is 13.1 Å². The third kappa shape index (κ3) is 3.14. The normalized spacial score (nSPS) is 24.6. The quantitative estimate of drug-likeness (QED) is 0.688. The van der Waals surface area contributed by atoms with Crippen LogP contribution in [0.4, 0.5) is 0 Å². The van der Waals surface area contributed by atoms with Crippen LogP contribution in [0.2, 0.25) is 8.67 Å². The second kappa shape index (κ2) is 5.46. The molecule has 1 saturated heterocycles. The molecule has 0 radical (unpaired) electrons. The zero-order valence-corrected chi connectivity index (χ0v) is 15.2. The molecule has 0 bridgehead atoms. The number of hydrogen-bond donors (Lipinski definition) is 0. The molecule has 0 aromatic carbocycles. The third-order valence-electron chi connectivity index (χ3n) is 3.31. The molecule has 1 atom stereocenters. The van der Waals surface area contributed by atoms with Gasteiger partial charge in [0.1, 0.15) is 9.23 Å². The summed E-state index contributed by atoms with van der Waals surface area (Å²) >= 11 is 16.5. The van der Waals surface area contributed by atoms with Gasteiger partial charge in [-0.2, -0.15) is 4.31 Å². The summed E-state index contributed by atoms with van der Waals surface area (Å²) in [4.78, 5) is 0.431. The van der Waals surface area contributed by atoms with E-state index in [2.05, 4.69) is 29.8 Å². The van der Waals surface area contributed by atoms with E-state index in [4.69, 9.17) is 23.2 Å². The van der Waals surface area contributed by atoms with Crippen molar-refractivity contribution in [1.29, 1.82) is 0 Å². The summed E-state index contributed by atoms with van der Waals surface area (Å²) in [5.41, 5.74) is -0.113. The van der Waals surface area contributed by atoms with E-state index < -0.39 is 10.0 Å². The van der Waals surface area contributed by atoms with Crippen molar-refractivity contribution >= 4 is 60.5 Å². The Morgan fingerprint density at radius 3 is 2.58 bits per heavy atom. The first-order valence-corrected chi connectivity index (χ1v) is 9.66. The van der Waals surface area contributed by atoms with Crippen LogP contribution < -0.4 is 0 Å². The van der Waals surface area contributed by atoms with Gasteiger partial charge in [0.25, 0.3) is 0 Å². The molecule has 19 heavy (non-hydrogen) atoms. The van der Waals surface area contributed by atoms with Crippen LogP contribution in [0.1, 0.15) is 20.3 Å². The van der Waals surface area contributed by atoms with Crippen LogP contribution in [-0.4, -0.2) is 30.6 Å². The highest BCUT2D eigenvalue weighted by atomic mass is 79.9. The maximum absolute atomic E-state index is 12.6. The minimum absolute atomic E-state index is 0.113. The van der Waals surface area contributed by atoms with Gasteiger partial charge in [0.2, 0.25) is 10.0 Å². The molecule has 1 fully saturated rings. The number of alkyl halides is 1. The van der Waals surface area contributed by atoms with Gasteiger partial charge in [-0.05, 0) is 17.9 Å². The van der Waals surface area contributed by atoms with Crippen molar-refractivity contribution in [1.82, 2.24) is 4.31 Å². The van der Waals surface area contributed by atoms with Gasteiger partial charge in [0.15, 0.2) is 0 Å². The largest absolute Gasteiger partial charge is 0.245 e. The zero-order valence-electron chi connectivity index (χ0n) is 10.5. The number of thiophene rings is 1. The van der Waals surface area contributed by atoms with E-state index in [-0.39, 0.29) is 14.6 Å². The maximum atomic E-state index is 12.6. The molecule has 2 rings (SSSR count). The Morgan fingerprint density at radius 1 is 1.47 bits per heavy atom. The van der Waals surface area contributed by atoms with E-state index in [1.54, 1.807) is 0 Å². The van der Waals surface area contributed by atoms with Crippen molar-refractivity contribution in [2.45, 2.75) is 30.0 Å². The number of piperidine rings is 1. The molecule has 1 aliphatic rings. The molecular formula is C11H14BrCl2NO2S2. The van der Waals surface area contributed by atoms with Crippen molar-refractivity contribution in [3.8, 4) is 0 Å². The van der Waals surface area contributed by atoms with Crippen LogP contribution in [0.3, 0.4) is 0 Å². The van der Waals surface area contributed by atoms with Gasteiger partial charge in [-0.3, -0.25) is 0 Å². The van der Waals surface area contributed by atoms with Crippen molar-refractivity contribution in [3.05, 3.63) is 14.7 Å². The first-order valence-electron chi connectivity index (χ1n) is 5.73. The summed E-state index contributed by atoms with van der Waals surface area (Å²) in [6.07, 6.45) is 0.779. The fourth-order valence-electron chi connectivity index (χ4n) is 2.13. The Morgan fingerprint density at radius 2 is 2.11 bits per heavy atom. The molecule has 0 amide bonds. The first-order chi connectivity index (χ1) is 8.64. The van der Waals surface area contributed by atoms with Gasteiger partial charge in [-0.15, -0.1) is 11.3 Å². The smallest absolute Gasteiger partial charge is 0.207 e. The van der Waals surface area contributed by atoms with Crippen LogP contribution in [0.15, 0.2) is 11.0 Å². The number of hydrogen-bond acceptors (Lipinski definition) is 3. The van der Waals surface area contributed by atoms with Gasteiger partial charge >= 0.3 is 0 Å². The van der Waals surface area contributed by atoms with Crippen molar-refractivity contribution < 1.29 is 8.42 Å². The molecule has 0 N–H and O–H groups in total. The van der Waals surface area contributed by atoms with Gasteiger partial charge in [-0.1, -0.05) is 53.0 Å². The van der Waals surface area contributed by atoms with Gasteiger partial charge < -0.3 is 0 Å². The Labute approximate surface area is 136 Å². The minimum Gasteiger partial charge on any atom is -0.207 e. The SMILES string of the molecule is CC1(C)CN(S(=O)(=O)c2cc(Cl)sc2Cl)CCC1Br. The van der Waals surface area contributed by atoms with Crippen LogP contribution in [0.25, 0.3) is 0 Å². The molecule has 1 aromatic heterocycles. The van der Waals surface area contributed by atoms with Crippen LogP contribution in [-0.2, 0) is 10.0 Å². The number of rotatable bonds is 2. The highest BCUT2D eigenvalue weighted by Crippen LogP contribution is 2.40. The van der Waals surface area contributed by atoms with Crippen LogP contribution >= 0.6 is 50.5 Å². The predicted octanol–water partition coefficient (Wildman–Crippen LogP) is 4.24. The standard InChI is InChI=1S/C11H14BrCl2NO2S2/c1-11(2)6-15(4-3-8(11)12)19(16,17)7-5-9(13)18-10(7)14/h5,8H,3-4,6H2,1-2H3. The zero-order chi connectivity index (χ0) is 14.4. The Kier molecular flexibility index (Phi) is 4.61. The molecule has 0 aliphatic carbocycles. The highest BCUT2D eigenvalue weighted by Gasteiger charge is 2.40. The molecule has 2 heterocycles. The minimum atomic E-state index is -3.56. The Bertz CT molecular complexity index is 586. The maximum Gasteiger partial charge on any atom is 0.245 e. The lowest BCUT2D eigenvalue weighted by atomic mass is 9.85. The van der Waals surface area contributed by atoms with Gasteiger partial charge in [0.05, 0.1) is 4.34 Å². The van der Waals surface area contributed by atoms with E-state index in [1.165, 1.54) is 10.4 Å². The first kappa shape index (κ1) is 16.0. The third-order valence-corrected chi connectivity index (χ3v) is 8.60. The molecule has 8 heteroatoms. The lowest BCUT2D eigenvalue weighted by Gasteiger charge is -2.40. The molecular weight excluding hydrogens is 393 g/mol. The highest BCUT2D eigenvalue weighted by molar-refractivity contribution is 9.09. The summed E-state index contributed by atoms with van der Waals surface area (Å²) in [7, 11) is -3.56. The summed E-state index contributed by atoms with van der Waals surface area (Å²) in [5.74, 6) is 0. The fourth-order valence-corrected chi connectivity index (χ4v) is 6.21. The summed E-state index contributed by atoms with van der Waals surface area (Å²) in [5, 5.41) is 0.